The first-order chi connectivity index (χ1) is 16.0. The summed E-state index contributed by atoms with van der Waals surface area (Å²) in [7, 11) is 0. The summed E-state index contributed by atoms with van der Waals surface area (Å²) >= 11 is 0.581. The fraction of sp³-hybridized carbons (Fsp3) is 0.125. The number of aromatic nitrogens is 3. The molecule has 0 fully saturated rings. The number of benzene rings is 2. The molecule has 0 unspecified atom stereocenters. The minimum Gasteiger partial charge on any atom is -0.347 e. The largest absolute Gasteiger partial charge is 0.426 e. The normalized spacial score (nSPS) is 11.8. The number of hydrogen-bond acceptors (Lipinski definition) is 5. The van der Waals surface area contributed by atoms with Crippen molar-refractivity contribution in [3.8, 4) is 33.3 Å². The van der Waals surface area contributed by atoms with Crippen LogP contribution in [0.5, 0.6) is 0 Å². The number of halogens is 3. The molecule has 0 bridgehead atoms. The lowest BCUT2D eigenvalue weighted by Crippen LogP contribution is -2.03. The van der Waals surface area contributed by atoms with E-state index in [0.29, 0.717) is 35.4 Å². The van der Waals surface area contributed by atoms with Gasteiger partial charge in [0.15, 0.2) is 0 Å². The highest BCUT2D eigenvalue weighted by Crippen LogP contribution is 2.45. The highest BCUT2D eigenvalue weighted by atomic mass is 32.1. The van der Waals surface area contributed by atoms with Crippen molar-refractivity contribution in [3.05, 3.63) is 71.7 Å². The molecule has 5 aromatic rings. The lowest BCUT2D eigenvalue weighted by Gasteiger charge is -2.07. The molecule has 0 aliphatic rings. The smallest absolute Gasteiger partial charge is 0.347 e. The molecule has 0 aliphatic carbocycles. The Morgan fingerprint density at radius 3 is 2.61 bits per heavy atom. The Morgan fingerprint density at radius 1 is 1.03 bits per heavy atom. The number of aryl methyl sites for hydroxylation is 1. The van der Waals surface area contributed by atoms with Crippen LogP contribution < -0.4 is 0 Å². The van der Waals surface area contributed by atoms with E-state index in [-0.39, 0.29) is 22.2 Å². The van der Waals surface area contributed by atoms with Crippen molar-refractivity contribution in [3.63, 3.8) is 0 Å². The first kappa shape index (κ1) is 21.1. The predicted octanol–water partition coefficient (Wildman–Crippen LogP) is 6.69. The number of carbonyl (C=O) groups is 1. The Balaban J connectivity index is 1.55. The van der Waals surface area contributed by atoms with Crippen molar-refractivity contribution in [2.24, 2.45) is 0 Å². The topological polar surface area (TPSA) is 60.9 Å². The third-order valence-corrected chi connectivity index (χ3v) is 6.42. The van der Waals surface area contributed by atoms with E-state index in [1.165, 1.54) is 6.07 Å². The molecule has 5 rings (SSSR count). The molecule has 0 N–H and O–H groups in total. The molecule has 0 amide bonds. The number of rotatable bonds is 6. The molecule has 9 heteroatoms. The van der Waals surface area contributed by atoms with Gasteiger partial charge in [-0.2, -0.15) is 18.2 Å². The second kappa shape index (κ2) is 8.32. The second-order valence-electron chi connectivity index (χ2n) is 7.34. The van der Waals surface area contributed by atoms with Crippen molar-refractivity contribution < 1.29 is 22.5 Å². The van der Waals surface area contributed by atoms with Crippen molar-refractivity contribution in [1.29, 1.82) is 0 Å². The monoisotopic (exact) mass is 467 g/mol. The van der Waals surface area contributed by atoms with Gasteiger partial charge < -0.3 is 13.9 Å². The first-order valence-corrected chi connectivity index (χ1v) is 10.9. The first-order valence-electron chi connectivity index (χ1n) is 10.1. The fourth-order valence-electron chi connectivity index (χ4n) is 3.78. The van der Waals surface area contributed by atoms with Gasteiger partial charge in [-0.05, 0) is 23.8 Å². The third-order valence-electron chi connectivity index (χ3n) is 5.25. The van der Waals surface area contributed by atoms with Crippen LogP contribution in [0.15, 0.2) is 71.4 Å². The summed E-state index contributed by atoms with van der Waals surface area (Å²) in [6, 6.07) is 17.3. The van der Waals surface area contributed by atoms with Gasteiger partial charge in [-0.15, -0.1) is 11.3 Å². The molecule has 0 atom stereocenters. The molecule has 0 saturated heterocycles. The van der Waals surface area contributed by atoms with Crippen LogP contribution in [0.4, 0.5) is 13.2 Å². The van der Waals surface area contributed by atoms with Crippen LogP contribution in [0.25, 0.3) is 44.2 Å². The maximum absolute atomic E-state index is 13.7. The fourth-order valence-corrected chi connectivity index (χ4v) is 4.75. The zero-order chi connectivity index (χ0) is 23.0. The zero-order valence-electron chi connectivity index (χ0n) is 17.0. The molecule has 0 saturated carbocycles. The number of thiophene rings is 1. The Morgan fingerprint density at radius 2 is 1.85 bits per heavy atom. The Kier molecular flexibility index (Phi) is 5.33. The minimum atomic E-state index is -4.51. The molecular weight excluding hydrogens is 451 g/mol. The van der Waals surface area contributed by atoms with E-state index in [1.54, 1.807) is 30.3 Å². The second-order valence-corrected chi connectivity index (χ2v) is 8.40. The molecule has 2 aromatic carbocycles. The number of carbonyl (C=O) groups excluding carboxylic acids is 1. The number of nitrogens with zero attached hydrogens (tertiary/aromatic N) is 3. The van der Waals surface area contributed by atoms with Gasteiger partial charge in [0.1, 0.15) is 11.2 Å². The van der Waals surface area contributed by atoms with E-state index in [0.717, 1.165) is 17.2 Å². The van der Waals surface area contributed by atoms with E-state index in [9.17, 15) is 18.0 Å². The summed E-state index contributed by atoms with van der Waals surface area (Å²) < 4.78 is 48.5. The van der Waals surface area contributed by atoms with Crippen molar-refractivity contribution in [2.75, 3.05) is 0 Å². The van der Waals surface area contributed by atoms with Crippen LogP contribution in [0.1, 0.15) is 11.3 Å². The molecule has 0 aliphatic heterocycles. The van der Waals surface area contributed by atoms with Gasteiger partial charge in [0, 0.05) is 41.2 Å². The highest BCUT2D eigenvalue weighted by molar-refractivity contribution is 7.16. The number of hydrogen-bond donors (Lipinski definition) is 0. The van der Waals surface area contributed by atoms with Gasteiger partial charge in [-0.3, -0.25) is 0 Å². The summed E-state index contributed by atoms with van der Waals surface area (Å²) in [4.78, 5) is 14.7. The number of aldehydes is 1. The molecule has 0 radical (unpaired) electrons. The lowest BCUT2D eigenvalue weighted by atomic mass is 10.1. The maximum Gasteiger partial charge on any atom is 0.426 e. The minimum absolute atomic E-state index is 0.0278. The standard InChI is InChI=1S/C24H16F3N3O2S/c25-24(26,27)21-18(15-6-2-1-3-7-15)14-20(33-21)23-28-22(29-32-23)17-8-4-9-19-16(17)10-12-30(19)11-5-13-31/h1-4,6-10,12-14H,5,11H2. The number of fused-ring (bicyclic) bond motifs is 1. The summed E-state index contributed by atoms with van der Waals surface area (Å²) in [5.74, 6) is 0.312. The SMILES string of the molecule is O=CCCn1ccc2c(-c3noc(-c4cc(-c5ccccc5)c(C(F)(F)F)s4)n3)cccc21. The van der Waals surface area contributed by atoms with Crippen LogP contribution in [0, 0.1) is 0 Å². The van der Waals surface area contributed by atoms with Crippen LogP contribution in [0.2, 0.25) is 0 Å². The van der Waals surface area contributed by atoms with E-state index in [4.69, 9.17) is 4.52 Å². The van der Waals surface area contributed by atoms with E-state index in [1.807, 2.05) is 35.0 Å². The van der Waals surface area contributed by atoms with E-state index in [2.05, 4.69) is 10.1 Å². The van der Waals surface area contributed by atoms with Crippen molar-refractivity contribution >= 4 is 28.5 Å². The molecular formula is C24H16F3N3O2S. The van der Waals surface area contributed by atoms with Crippen LogP contribution in [-0.2, 0) is 17.5 Å². The molecule has 166 valence electrons. The molecule has 3 aromatic heterocycles. The predicted molar refractivity (Wildman–Crippen MR) is 120 cm³/mol. The Labute approximate surface area is 190 Å². The summed E-state index contributed by atoms with van der Waals surface area (Å²) in [5.41, 5.74) is 2.15. The van der Waals surface area contributed by atoms with Gasteiger partial charge in [-0.1, -0.05) is 47.6 Å². The Hall–Kier alpha value is -3.72. The average Bonchev–Trinajstić information content (AvgIpc) is 3.55. The van der Waals surface area contributed by atoms with Gasteiger partial charge in [0.2, 0.25) is 5.82 Å². The van der Waals surface area contributed by atoms with Crippen LogP contribution in [-0.4, -0.2) is 21.0 Å². The lowest BCUT2D eigenvalue weighted by molar-refractivity contribution is -0.133. The van der Waals surface area contributed by atoms with E-state index >= 15 is 0 Å². The summed E-state index contributed by atoms with van der Waals surface area (Å²) in [6.07, 6.45) is -1.38. The third kappa shape index (κ3) is 3.95. The Bertz CT molecular complexity index is 1430. The zero-order valence-corrected chi connectivity index (χ0v) is 17.9. The van der Waals surface area contributed by atoms with Gasteiger partial charge >= 0.3 is 6.18 Å². The van der Waals surface area contributed by atoms with Crippen molar-refractivity contribution in [1.82, 2.24) is 14.7 Å². The molecule has 5 nitrogen and oxygen atoms in total. The molecule has 33 heavy (non-hydrogen) atoms. The van der Waals surface area contributed by atoms with E-state index < -0.39 is 11.1 Å². The average molecular weight is 467 g/mol. The van der Waals surface area contributed by atoms with Gasteiger partial charge in [0.05, 0.1) is 4.88 Å². The van der Waals surface area contributed by atoms with Gasteiger partial charge in [0.25, 0.3) is 5.89 Å². The quantitative estimate of drug-likeness (QED) is 0.261. The molecule has 3 heterocycles. The number of alkyl halides is 3. The van der Waals surface area contributed by atoms with Crippen LogP contribution >= 0.6 is 11.3 Å². The molecule has 0 spiro atoms. The van der Waals surface area contributed by atoms with Crippen LogP contribution in [0.3, 0.4) is 0 Å². The summed E-state index contributed by atoms with van der Waals surface area (Å²) in [6.45, 7) is 0.547. The maximum atomic E-state index is 13.7. The highest BCUT2D eigenvalue weighted by Gasteiger charge is 2.37. The van der Waals surface area contributed by atoms with Crippen molar-refractivity contribution in [2.45, 2.75) is 19.1 Å². The van der Waals surface area contributed by atoms with Gasteiger partial charge in [-0.25, -0.2) is 0 Å². The summed E-state index contributed by atoms with van der Waals surface area (Å²) in [5, 5.41) is 4.90.